The van der Waals surface area contributed by atoms with Crippen molar-refractivity contribution in [3.63, 3.8) is 0 Å². The van der Waals surface area contributed by atoms with E-state index < -0.39 is 6.61 Å². The molecule has 0 saturated heterocycles. The van der Waals surface area contributed by atoms with Gasteiger partial charge in [-0.15, -0.1) is 0 Å². The van der Waals surface area contributed by atoms with E-state index in [0.717, 1.165) is 31.6 Å². The molecule has 0 aliphatic rings. The molecule has 0 spiro atoms. The first-order valence-electron chi connectivity index (χ1n) is 6.54. The van der Waals surface area contributed by atoms with Gasteiger partial charge in [-0.2, -0.15) is 8.78 Å². The van der Waals surface area contributed by atoms with Gasteiger partial charge in [-0.05, 0) is 24.1 Å². The molecule has 108 valence electrons. The summed E-state index contributed by atoms with van der Waals surface area (Å²) in [7, 11) is 0. The molecule has 0 aliphatic carbocycles. The van der Waals surface area contributed by atoms with Gasteiger partial charge in [0.25, 0.3) is 0 Å². The molecule has 3 nitrogen and oxygen atoms in total. The summed E-state index contributed by atoms with van der Waals surface area (Å²) in [5.74, 6) is 0.182. The topological polar surface area (TPSA) is 30.5 Å². The van der Waals surface area contributed by atoms with E-state index in [-0.39, 0.29) is 5.75 Å². The van der Waals surface area contributed by atoms with E-state index in [9.17, 15) is 8.78 Å². The highest BCUT2D eigenvalue weighted by atomic mass is 19.3. The predicted molar refractivity (Wildman–Crippen MR) is 70.5 cm³/mol. The number of benzene rings is 1. The SMILES string of the molecule is CCCCOCCNCc1ccc(OC(F)F)cc1. The Kier molecular flexibility index (Phi) is 8.09. The van der Waals surface area contributed by atoms with Gasteiger partial charge in [0.05, 0.1) is 6.61 Å². The largest absolute Gasteiger partial charge is 0.435 e. The molecular weight excluding hydrogens is 252 g/mol. The molecule has 1 N–H and O–H groups in total. The van der Waals surface area contributed by atoms with Gasteiger partial charge < -0.3 is 14.8 Å². The first-order chi connectivity index (χ1) is 9.22. The molecule has 19 heavy (non-hydrogen) atoms. The van der Waals surface area contributed by atoms with Crippen LogP contribution in [0.3, 0.4) is 0 Å². The highest BCUT2D eigenvalue weighted by Gasteiger charge is 2.03. The lowest BCUT2D eigenvalue weighted by Crippen LogP contribution is -2.19. The number of nitrogens with one attached hydrogen (secondary N) is 1. The number of halogens is 2. The van der Waals surface area contributed by atoms with Gasteiger partial charge >= 0.3 is 6.61 Å². The van der Waals surface area contributed by atoms with E-state index in [1.807, 2.05) is 0 Å². The van der Waals surface area contributed by atoms with Crippen LogP contribution in [0.5, 0.6) is 5.75 Å². The first-order valence-corrected chi connectivity index (χ1v) is 6.54. The fourth-order valence-corrected chi connectivity index (χ4v) is 1.51. The smallest absolute Gasteiger partial charge is 0.387 e. The zero-order valence-corrected chi connectivity index (χ0v) is 11.2. The second kappa shape index (κ2) is 9.69. The monoisotopic (exact) mass is 273 g/mol. The van der Waals surface area contributed by atoms with Crippen LogP contribution in [0.1, 0.15) is 25.3 Å². The minimum absolute atomic E-state index is 0.182. The Balaban J connectivity index is 2.12. The van der Waals surface area contributed by atoms with E-state index in [2.05, 4.69) is 17.0 Å². The summed E-state index contributed by atoms with van der Waals surface area (Å²) >= 11 is 0. The number of hydrogen-bond donors (Lipinski definition) is 1. The fourth-order valence-electron chi connectivity index (χ4n) is 1.51. The Morgan fingerprint density at radius 3 is 2.53 bits per heavy atom. The van der Waals surface area contributed by atoms with Crippen molar-refractivity contribution in [1.29, 1.82) is 0 Å². The van der Waals surface area contributed by atoms with Gasteiger partial charge in [0.2, 0.25) is 0 Å². The van der Waals surface area contributed by atoms with Crippen molar-refractivity contribution < 1.29 is 18.3 Å². The highest BCUT2D eigenvalue weighted by Crippen LogP contribution is 2.14. The Morgan fingerprint density at radius 1 is 1.16 bits per heavy atom. The van der Waals surface area contributed by atoms with Gasteiger partial charge in [0, 0.05) is 19.7 Å². The molecular formula is C14H21F2NO2. The summed E-state index contributed by atoms with van der Waals surface area (Å²) in [5.41, 5.74) is 1.02. The van der Waals surface area contributed by atoms with Crippen molar-refractivity contribution in [2.24, 2.45) is 0 Å². The number of unbranched alkanes of at least 4 members (excludes halogenated alkanes) is 1. The third-order valence-corrected chi connectivity index (χ3v) is 2.54. The average Bonchev–Trinajstić information content (AvgIpc) is 2.39. The molecule has 1 aromatic carbocycles. The quantitative estimate of drug-likeness (QED) is 0.664. The molecule has 0 unspecified atom stereocenters. The van der Waals surface area contributed by atoms with Crippen molar-refractivity contribution >= 4 is 0 Å². The fraction of sp³-hybridized carbons (Fsp3) is 0.571. The Hall–Kier alpha value is -1.20. The number of hydrogen-bond acceptors (Lipinski definition) is 3. The minimum Gasteiger partial charge on any atom is -0.435 e. The lowest BCUT2D eigenvalue weighted by molar-refractivity contribution is -0.0498. The van der Waals surface area contributed by atoms with Crippen LogP contribution in [0.4, 0.5) is 8.78 Å². The normalized spacial score (nSPS) is 10.9. The molecule has 5 heteroatoms. The van der Waals surface area contributed by atoms with Crippen LogP contribution in [0.25, 0.3) is 0 Å². The molecule has 0 saturated carbocycles. The Labute approximate surface area is 112 Å². The number of ether oxygens (including phenoxy) is 2. The predicted octanol–water partition coefficient (Wildman–Crippen LogP) is 3.19. The van der Waals surface area contributed by atoms with Gasteiger partial charge in [-0.25, -0.2) is 0 Å². The van der Waals surface area contributed by atoms with Crippen molar-refractivity contribution in [3.8, 4) is 5.75 Å². The van der Waals surface area contributed by atoms with Gasteiger partial charge in [0.15, 0.2) is 0 Å². The standard InChI is InChI=1S/C14H21F2NO2/c1-2-3-9-18-10-8-17-11-12-4-6-13(7-5-12)19-14(15)16/h4-7,14,17H,2-3,8-11H2,1H3. The first kappa shape index (κ1) is 15.9. The maximum absolute atomic E-state index is 11.9. The van der Waals surface area contributed by atoms with Crippen molar-refractivity contribution in [2.75, 3.05) is 19.8 Å². The molecule has 0 bridgehead atoms. The molecule has 1 aromatic rings. The summed E-state index contributed by atoms with van der Waals surface area (Å²) < 4.78 is 33.6. The second-order valence-electron chi connectivity index (χ2n) is 4.17. The van der Waals surface area contributed by atoms with Crippen LogP contribution in [0.2, 0.25) is 0 Å². The van der Waals surface area contributed by atoms with E-state index in [0.29, 0.717) is 13.2 Å². The lowest BCUT2D eigenvalue weighted by atomic mass is 10.2. The summed E-state index contributed by atoms with van der Waals surface area (Å²) in [4.78, 5) is 0. The third kappa shape index (κ3) is 7.74. The van der Waals surface area contributed by atoms with Crippen molar-refractivity contribution in [3.05, 3.63) is 29.8 Å². The zero-order valence-electron chi connectivity index (χ0n) is 11.2. The summed E-state index contributed by atoms with van der Waals surface area (Å²) in [5, 5.41) is 3.22. The maximum atomic E-state index is 11.9. The van der Waals surface area contributed by atoms with E-state index in [4.69, 9.17) is 4.74 Å². The van der Waals surface area contributed by atoms with E-state index in [1.165, 1.54) is 0 Å². The van der Waals surface area contributed by atoms with Crippen LogP contribution in [0.15, 0.2) is 24.3 Å². The van der Waals surface area contributed by atoms with Crippen LogP contribution in [-0.4, -0.2) is 26.4 Å². The van der Waals surface area contributed by atoms with Crippen LogP contribution < -0.4 is 10.1 Å². The molecule has 0 radical (unpaired) electrons. The molecule has 1 rings (SSSR count). The molecule has 0 heterocycles. The van der Waals surface area contributed by atoms with Crippen LogP contribution in [0, 0.1) is 0 Å². The summed E-state index contributed by atoms with van der Waals surface area (Å²) in [6, 6.07) is 6.62. The molecule has 0 aromatic heterocycles. The van der Waals surface area contributed by atoms with Gasteiger partial charge in [0.1, 0.15) is 5.75 Å². The van der Waals surface area contributed by atoms with Crippen LogP contribution in [-0.2, 0) is 11.3 Å². The summed E-state index contributed by atoms with van der Waals surface area (Å²) in [6.07, 6.45) is 2.23. The highest BCUT2D eigenvalue weighted by molar-refractivity contribution is 5.27. The van der Waals surface area contributed by atoms with Crippen molar-refractivity contribution in [1.82, 2.24) is 5.32 Å². The molecule has 0 amide bonds. The molecule has 0 atom stereocenters. The van der Waals surface area contributed by atoms with Crippen molar-refractivity contribution in [2.45, 2.75) is 32.9 Å². The number of rotatable bonds is 10. The maximum Gasteiger partial charge on any atom is 0.387 e. The van der Waals surface area contributed by atoms with Gasteiger partial charge in [-0.3, -0.25) is 0 Å². The third-order valence-electron chi connectivity index (χ3n) is 2.54. The summed E-state index contributed by atoms with van der Waals surface area (Å²) in [6.45, 7) is 2.31. The minimum atomic E-state index is -2.77. The average molecular weight is 273 g/mol. The van der Waals surface area contributed by atoms with E-state index >= 15 is 0 Å². The van der Waals surface area contributed by atoms with Gasteiger partial charge in [-0.1, -0.05) is 25.5 Å². The Bertz CT molecular complexity index is 331. The lowest BCUT2D eigenvalue weighted by Gasteiger charge is -2.07. The molecule has 0 aliphatic heterocycles. The molecule has 0 fully saturated rings. The Morgan fingerprint density at radius 2 is 1.89 bits per heavy atom. The number of alkyl halides is 2. The second-order valence-corrected chi connectivity index (χ2v) is 4.17. The zero-order chi connectivity index (χ0) is 13.9. The van der Waals surface area contributed by atoms with E-state index in [1.54, 1.807) is 24.3 Å². The van der Waals surface area contributed by atoms with Crippen LogP contribution >= 0.6 is 0 Å².